The van der Waals surface area contributed by atoms with Gasteiger partial charge in [-0.2, -0.15) is 5.26 Å². The first kappa shape index (κ1) is 12.2. The third-order valence-electron chi connectivity index (χ3n) is 1.45. The van der Waals surface area contributed by atoms with Crippen LogP contribution < -0.4 is 5.32 Å². The number of aromatic nitrogens is 1. The summed E-state index contributed by atoms with van der Waals surface area (Å²) in [6.07, 6.45) is 0. The van der Waals surface area contributed by atoms with Gasteiger partial charge in [-0.1, -0.05) is 22.9 Å². The van der Waals surface area contributed by atoms with E-state index in [1.807, 2.05) is 6.07 Å². The van der Waals surface area contributed by atoms with Gasteiger partial charge < -0.3 is 15.2 Å². The van der Waals surface area contributed by atoms with Crippen molar-refractivity contribution in [2.45, 2.75) is 0 Å². The third kappa shape index (κ3) is 4.01. The van der Waals surface area contributed by atoms with Crippen LogP contribution in [0.5, 0.6) is 0 Å². The van der Waals surface area contributed by atoms with Crippen molar-refractivity contribution in [2.24, 2.45) is 0 Å². The Morgan fingerprint density at radius 3 is 3.00 bits per heavy atom. The molecule has 0 saturated carbocycles. The first-order valence-electron chi connectivity index (χ1n) is 4.27. The van der Waals surface area contributed by atoms with Crippen LogP contribution in [0.25, 0.3) is 0 Å². The molecule has 0 atom stereocenters. The second-order valence-electron chi connectivity index (χ2n) is 2.51. The van der Waals surface area contributed by atoms with Crippen LogP contribution >= 0.6 is 22.9 Å². The highest BCUT2D eigenvalue weighted by Gasteiger charge is 2.07. The van der Waals surface area contributed by atoms with Crippen molar-refractivity contribution in [3.63, 3.8) is 0 Å². The number of halogens is 1. The zero-order chi connectivity index (χ0) is 11.1. The largest absolute Gasteiger partial charge is 0.394 e. The van der Waals surface area contributed by atoms with Gasteiger partial charge in [0.2, 0.25) is 0 Å². The number of anilines is 1. The molecular weight excluding hydrogens is 238 g/mol. The molecule has 0 bridgehead atoms. The number of rotatable bonds is 6. The SMILES string of the molecule is N#Cc1sc(NCCOCCO)nc1Cl. The molecule has 5 nitrogen and oxygen atoms in total. The van der Waals surface area contributed by atoms with Gasteiger partial charge >= 0.3 is 0 Å². The van der Waals surface area contributed by atoms with Gasteiger partial charge in [-0.15, -0.1) is 0 Å². The molecule has 82 valence electrons. The van der Waals surface area contributed by atoms with E-state index in [2.05, 4.69) is 10.3 Å². The number of nitrogens with one attached hydrogen (secondary N) is 1. The number of thiazole rings is 1. The Kier molecular flexibility index (Phi) is 5.36. The Morgan fingerprint density at radius 1 is 1.60 bits per heavy atom. The number of ether oxygens (including phenoxy) is 1. The van der Waals surface area contributed by atoms with Gasteiger partial charge in [-0.3, -0.25) is 0 Å². The minimum absolute atomic E-state index is 0.0155. The Morgan fingerprint density at radius 2 is 2.40 bits per heavy atom. The maximum atomic E-state index is 8.63. The van der Waals surface area contributed by atoms with Gasteiger partial charge in [-0.05, 0) is 0 Å². The second-order valence-corrected chi connectivity index (χ2v) is 3.87. The lowest BCUT2D eigenvalue weighted by Crippen LogP contribution is -2.10. The summed E-state index contributed by atoms with van der Waals surface area (Å²) < 4.78 is 5.03. The van der Waals surface area contributed by atoms with Gasteiger partial charge in [0, 0.05) is 6.54 Å². The fraction of sp³-hybridized carbons (Fsp3) is 0.500. The average molecular weight is 248 g/mol. The summed E-state index contributed by atoms with van der Waals surface area (Å²) in [5, 5.41) is 20.9. The standard InChI is InChI=1S/C8H10ClN3O2S/c9-7-6(5-10)15-8(12-7)11-1-3-14-4-2-13/h13H,1-4H2,(H,11,12). The van der Waals surface area contributed by atoms with Crippen molar-refractivity contribution in [3.8, 4) is 6.07 Å². The third-order valence-corrected chi connectivity index (χ3v) is 2.75. The number of hydrogen-bond donors (Lipinski definition) is 2. The van der Waals surface area contributed by atoms with Crippen LogP contribution in [0.3, 0.4) is 0 Å². The number of aliphatic hydroxyl groups is 1. The van der Waals surface area contributed by atoms with E-state index in [0.29, 0.717) is 29.8 Å². The maximum Gasteiger partial charge on any atom is 0.185 e. The molecule has 0 spiro atoms. The predicted octanol–water partition coefficient (Wildman–Crippen LogP) is 1.09. The molecule has 0 radical (unpaired) electrons. The van der Waals surface area contributed by atoms with Crippen LogP contribution in [0.15, 0.2) is 0 Å². The van der Waals surface area contributed by atoms with Crippen LogP contribution in [0.1, 0.15) is 4.88 Å². The Bertz CT molecular complexity index is 350. The van der Waals surface area contributed by atoms with Crippen molar-refractivity contribution < 1.29 is 9.84 Å². The van der Waals surface area contributed by atoms with E-state index in [-0.39, 0.29) is 11.8 Å². The van der Waals surface area contributed by atoms with E-state index in [1.165, 1.54) is 11.3 Å². The average Bonchev–Trinajstić information content (AvgIpc) is 2.59. The molecule has 15 heavy (non-hydrogen) atoms. The van der Waals surface area contributed by atoms with Crippen molar-refractivity contribution in [2.75, 3.05) is 31.7 Å². The van der Waals surface area contributed by atoms with Crippen molar-refractivity contribution in [3.05, 3.63) is 10.0 Å². The van der Waals surface area contributed by atoms with Gasteiger partial charge in [-0.25, -0.2) is 4.98 Å². The van der Waals surface area contributed by atoms with Crippen LogP contribution in [-0.4, -0.2) is 36.5 Å². The Labute approximate surface area is 96.3 Å². The van der Waals surface area contributed by atoms with E-state index >= 15 is 0 Å². The van der Waals surface area contributed by atoms with E-state index in [0.717, 1.165) is 0 Å². The zero-order valence-electron chi connectivity index (χ0n) is 7.86. The number of hydrogen-bond acceptors (Lipinski definition) is 6. The van der Waals surface area contributed by atoms with Gasteiger partial charge in [0.25, 0.3) is 0 Å². The fourth-order valence-corrected chi connectivity index (χ4v) is 1.82. The molecule has 0 saturated heterocycles. The van der Waals surface area contributed by atoms with Crippen molar-refractivity contribution in [1.29, 1.82) is 5.26 Å². The van der Waals surface area contributed by atoms with Crippen LogP contribution in [0.4, 0.5) is 5.13 Å². The number of nitriles is 1. The topological polar surface area (TPSA) is 78.2 Å². The summed E-state index contributed by atoms with van der Waals surface area (Å²) in [6.45, 7) is 1.37. The summed E-state index contributed by atoms with van der Waals surface area (Å²) in [5.41, 5.74) is 0. The molecule has 1 aromatic heterocycles. The van der Waals surface area contributed by atoms with Gasteiger partial charge in [0.05, 0.1) is 19.8 Å². The molecule has 1 heterocycles. The molecule has 2 N–H and O–H groups in total. The molecule has 1 aromatic rings. The number of nitrogens with zero attached hydrogens (tertiary/aromatic N) is 2. The lowest BCUT2D eigenvalue weighted by atomic mass is 10.6. The lowest BCUT2D eigenvalue weighted by Gasteiger charge is -2.02. The molecule has 1 rings (SSSR count). The molecule has 0 fully saturated rings. The summed E-state index contributed by atoms with van der Waals surface area (Å²) in [5.74, 6) is 0. The van der Waals surface area contributed by atoms with E-state index in [1.54, 1.807) is 0 Å². The first-order chi connectivity index (χ1) is 7.27. The summed E-state index contributed by atoms with van der Waals surface area (Å²) in [7, 11) is 0. The Hall–Kier alpha value is -0.870. The highest BCUT2D eigenvalue weighted by molar-refractivity contribution is 7.16. The smallest absolute Gasteiger partial charge is 0.185 e. The van der Waals surface area contributed by atoms with Gasteiger partial charge in [0.1, 0.15) is 10.9 Å². The van der Waals surface area contributed by atoms with E-state index in [4.69, 9.17) is 26.7 Å². The summed E-state index contributed by atoms with van der Waals surface area (Å²) in [6, 6.07) is 1.95. The minimum atomic E-state index is 0.0155. The van der Waals surface area contributed by atoms with Crippen LogP contribution in [0, 0.1) is 11.3 Å². The lowest BCUT2D eigenvalue weighted by molar-refractivity contribution is 0.0992. The van der Waals surface area contributed by atoms with Crippen LogP contribution in [0.2, 0.25) is 5.15 Å². The predicted molar refractivity (Wildman–Crippen MR) is 58.2 cm³/mol. The van der Waals surface area contributed by atoms with Crippen molar-refractivity contribution in [1.82, 2.24) is 4.98 Å². The quantitative estimate of drug-likeness (QED) is 0.736. The van der Waals surface area contributed by atoms with Crippen molar-refractivity contribution >= 4 is 28.1 Å². The van der Waals surface area contributed by atoms with Gasteiger partial charge in [0.15, 0.2) is 10.3 Å². The zero-order valence-corrected chi connectivity index (χ0v) is 9.44. The monoisotopic (exact) mass is 247 g/mol. The number of aliphatic hydroxyl groups excluding tert-OH is 1. The molecule has 0 aliphatic rings. The Balaban J connectivity index is 2.29. The first-order valence-corrected chi connectivity index (χ1v) is 5.46. The minimum Gasteiger partial charge on any atom is -0.394 e. The molecule has 0 aliphatic heterocycles. The highest BCUT2D eigenvalue weighted by Crippen LogP contribution is 2.25. The highest BCUT2D eigenvalue weighted by atomic mass is 35.5. The van der Waals surface area contributed by atoms with Crippen LogP contribution in [-0.2, 0) is 4.74 Å². The molecule has 0 aromatic carbocycles. The second kappa shape index (κ2) is 6.58. The molecule has 0 unspecified atom stereocenters. The maximum absolute atomic E-state index is 8.63. The summed E-state index contributed by atoms with van der Waals surface area (Å²) in [4.78, 5) is 4.34. The molecule has 0 aliphatic carbocycles. The summed E-state index contributed by atoms with van der Waals surface area (Å²) >= 11 is 6.88. The van der Waals surface area contributed by atoms with E-state index < -0.39 is 0 Å². The molecular formula is C8H10ClN3O2S. The van der Waals surface area contributed by atoms with E-state index in [9.17, 15) is 0 Å². The molecule has 7 heteroatoms. The normalized spacial score (nSPS) is 9.93. The molecule has 0 amide bonds. The fourth-order valence-electron chi connectivity index (χ4n) is 0.843.